The Morgan fingerprint density at radius 3 is 2.48 bits per heavy atom. The van der Waals surface area contributed by atoms with Crippen molar-refractivity contribution >= 4 is 0 Å². The van der Waals surface area contributed by atoms with Gasteiger partial charge in [0.2, 0.25) is 0 Å². The highest BCUT2D eigenvalue weighted by Crippen LogP contribution is 2.51. The molecule has 1 unspecified atom stereocenters. The van der Waals surface area contributed by atoms with E-state index in [1.54, 1.807) is 20.3 Å². The summed E-state index contributed by atoms with van der Waals surface area (Å²) in [6.45, 7) is 2.75. The molecule has 2 atom stereocenters. The van der Waals surface area contributed by atoms with E-state index >= 15 is 0 Å². The number of fused-ring (bicyclic) bond motifs is 1. The van der Waals surface area contributed by atoms with Gasteiger partial charge in [0, 0.05) is 29.2 Å². The summed E-state index contributed by atoms with van der Waals surface area (Å²) in [5, 5.41) is 10.5. The van der Waals surface area contributed by atoms with Gasteiger partial charge in [0.25, 0.3) is 0 Å². The molecule has 0 aromatic heterocycles. The van der Waals surface area contributed by atoms with Gasteiger partial charge in [-0.3, -0.25) is 0 Å². The summed E-state index contributed by atoms with van der Waals surface area (Å²) in [7, 11) is 3.28. The molecular weight excluding hydrogens is 368 g/mol. The van der Waals surface area contributed by atoms with Crippen LogP contribution in [0.4, 0.5) is 0 Å². The van der Waals surface area contributed by atoms with Gasteiger partial charge in [-0.05, 0) is 37.0 Å². The molecule has 156 valence electrons. The first-order valence-corrected chi connectivity index (χ1v) is 10.5. The number of phenols is 1. The Morgan fingerprint density at radius 1 is 0.966 bits per heavy atom. The van der Waals surface area contributed by atoms with Gasteiger partial charge in [-0.1, -0.05) is 26.2 Å². The molecule has 1 aliphatic heterocycles. The highest BCUT2D eigenvalue weighted by molar-refractivity contribution is 5.55. The quantitative estimate of drug-likeness (QED) is 0.686. The minimum absolute atomic E-state index is 0.0746. The van der Waals surface area contributed by atoms with E-state index in [1.807, 2.05) is 24.3 Å². The molecule has 1 heterocycles. The second-order valence-electron chi connectivity index (χ2n) is 8.11. The normalized spacial score (nSPS) is 21.3. The molecule has 0 radical (unpaired) electrons. The maximum Gasteiger partial charge on any atom is 0.164 e. The van der Waals surface area contributed by atoms with E-state index in [0.717, 1.165) is 28.4 Å². The number of aromatic hydroxyl groups is 1. The topological polar surface area (TPSA) is 57.2 Å². The molecule has 0 saturated heterocycles. The van der Waals surface area contributed by atoms with Gasteiger partial charge in [-0.2, -0.15) is 0 Å². The van der Waals surface area contributed by atoms with E-state index in [0.29, 0.717) is 18.3 Å². The molecule has 1 saturated carbocycles. The van der Waals surface area contributed by atoms with Crippen LogP contribution in [-0.2, 0) is 0 Å². The van der Waals surface area contributed by atoms with Crippen molar-refractivity contribution in [1.82, 2.24) is 0 Å². The third kappa shape index (κ3) is 3.96. The Labute approximate surface area is 172 Å². The van der Waals surface area contributed by atoms with Crippen LogP contribution in [0.2, 0.25) is 0 Å². The minimum atomic E-state index is -0.196. The number of ether oxygens (including phenoxy) is 4. The molecule has 5 nitrogen and oxygen atoms in total. The van der Waals surface area contributed by atoms with Gasteiger partial charge >= 0.3 is 0 Å². The highest BCUT2D eigenvalue weighted by atomic mass is 16.5. The first-order chi connectivity index (χ1) is 14.1. The lowest BCUT2D eigenvalue weighted by Gasteiger charge is -2.22. The van der Waals surface area contributed by atoms with Crippen LogP contribution >= 0.6 is 0 Å². The van der Waals surface area contributed by atoms with E-state index < -0.39 is 0 Å². The molecule has 5 heteroatoms. The lowest BCUT2D eigenvalue weighted by molar-refractivity contribution is 0.198. The maximum absolute atomic E-state index is 10.5. The Hall–Kier alpha value is -2.56. The Bertz CT molecular complexity index is 857. The van der Waals surface area contributed by atoms with Gasteiger partial charge in [0.05, 0.1) is 20.8 Å². The number of methoxy groups -OCH3 is 2. The Balaban J connectivity index is 1.54. The lowest BCUT2D eigenvalue weighted by atomic mass is 9.90. The lowest BCUT2D eigenvalue weighted by Crippen LogP contribution is -2.15. The van der Waals surface area contributed by atoms with Crippen molar-refractivity contribution in [3.63, 3.8) is 0 Å². The zero-order valence-electron chi connectivity index (χ0n) is 17.4. The van der Waals surface area contributed by atoms with Crippen LogP contribution in [0.5, 0.6) is 28.7 Å². The van der Waals surface area contributed by atoms with Crippen molar-refractivity contribution < 1.29 is 24.1 Å². The summed E-state index contributed by atoms with van der Waals surface area (Å²) in [6.07, 6.45) is 6.09. The number of hydrogen-bond donors (Lipinski definition) is 1. The summed E-state index contributed by atoms with van der Waals surface area (Å²) >= 11 is 0. The standard InChI is InChI=1S/C24H30O5/c1-15-19-12-20(25)23(28-14-16-7-5-4-6-8-16)13-22(19)29-24(15)18-10-9-17(26-2)11-21(18)27-3/h9-13,15-16,24-25H,4-8,14H2,1-3H3/t15-,24?/m0/s1. The van der Waals surface area contributed by atoms with Crippen molar-refractivity contribution in [3.05, 3.63) is 41.5 Å². The summed E-state index contributed by atoms with van der Waals surface area (Å²) in [4.78, 5) is 0. The van der Waals surface area contributed by atoms with Crippen LogP contribution in [0, 0.1) is 5.92 Å². The number of phenolic OH excluding ortho intramolecular Hbond substituents is 1. The molecular formula is C24H30O5. The molecule has 1 N–H and O–H groups in total. The second-order valence-corrected chi connectivity index (χ2v) is 8.11. The van der Waals surface area contributed by atoms with Crippen LogP contribution in [-0.4, -0.2) is 25.9 Å². The van der Waals surface area contributed by atoms with Crippen LogP contribution < -0.4 is 18.9 Å². The summed E-state index contributed by atoms with van der Waals surface area (Å²) in [6, 6.07) is 9.37. The molecule has 2 aromatic rings. The van der Waals surface area contributed by atoms with Crippen molar-refractivity contribution in [2.45, 2.75) is 51.0 Å². The first-order valence-electron chi connectivity index (χ1n) is 10.5. The van der Waals surface area contributed by atoms with Gasteiger partial charge in [-0.25, -0.2) is 0 Å². The van der Waals surface area contributed by atoms with E-state index in [-0.39, 0.29) is 17.8 Å². The zero-order chi connectivity index (χ0) is 20.4. The van der Waals surface area contributed by atoms with Crippen molar-refractivity contribution in [2.24, 2.45) is 5.92 Å². The van der Waals surface area contributed by atoms with E-state index in [4.69, 9.17) is 18.9 Å². The fraction of sp³-hybridized carbons (Fsp3) is 0.500. The third-order valence-electron chi connectivity index (χ3n) is 6.24. The van der Waals surface area contributed by atoms with E-state index in [9.17, 15) is 5.11 Å². The Morgan fingerprint density at radius 2 is 1.76 bits per heavy atom. The van der Waals surface area contributed by atoms with E-state index in [2.05, 4.69) is 6.92 Å². The fourth-order valence-corrected chi connectivity index (χ4v) is 4.49. The molecule has 1 fully saturated rings. The van der Waals surface area contributed by atoms with Gasteiger partial charge in [-0.15, -0.1) is 0 Å². The molecule has 0 spiro atoms. The highest BCUT2D eigenvalue weighted by Gasteiger charge is 2.35. The zero-order valence-corrected chi connectivity index (χ0v) is 17.4. The van der Waals surface area contributed by atoms with Crippen LogP contribution in [0.1, 0.15) is 62.2 Å². The molecule has 29 heavy (non-hydrogen) atoms. The summed E-state index contributed by atoms with van der Waals surface area (Å²) < 4.78 is 23.1. The number of benzene rings is 2. The minimum Gasteiger partial charge on any atom is -0.504 e. The van der Waals surface area contributed by atoms with Gasteiger partial charge in [0.1, 0.15) is 23.4 Å². The number of hydrogen-bond acceptors (Lipinski definition) is 5. The van der Waals surface area contributed by atoms with Gasteiger partial charge < -0.3 is 24.1 Å². The van der Waals surface area contributed by atoms with Crippen LogP contribution in [0.25, 0.3) is 0 Å². The largest absolute Gasteiger partial charge is 0.504 e. The fourth-order valence-electron chi connectivity index (χ4n) is 4.49. The first kappa shape index (κ1) is 19.7. The average Bonchev–Trinajstić information content (AvgIpc) is 3.07. The van der Waals surface area contributed by atoms with Crippen LogP contribution in [0.15, 0.2) is 30.3 Å². The second kappa shape index (κ2) is 8.44. The monoisotopic (exact) mass is 398 g/mol. The van der Waals surface area contributed by atoms with Gasteiger partial charge in [0.15, 0.2) is 11.5 Å². The molecule has 1 aliphatic carbocycles. The Kier molecular flexibility index (Phi) is 5.74. The number of rotatable bonds is 6. The smallest absolute Gasteiger partial charge is 0.164 e. The third-order valence-corrected chi connectivity index (χ3v) is 6.24. The molecule has 0 amide bonds. The summed E-state index contributed by atoms with van der Waals surface area (Å²) in [5.41, 5.74) is 1.94. The van der Waals surface area contributed by atoms with E-state index in [1.165, 1.54) is 32.1 Å². The molecule has 4 rings (SSSR count). The predicted octanol–water partition coefficient (Wildman–Crippen LogP) is 5.61. The SMILES string of the molecule is COc1ccc(C2Oc3cc(OCC4CCCCC4)c(O)cc3[C@@H]2C)c(OC)c1. The van der Waals surface area contributed by atoms with Crippen molar-refractivity contribution in [2.75, 3.05) is 20.8 Å². The summed E-state index contributed by atoms with van der Waals surface area (Å²) in [5.74, 6) is 3.56. The molecule has 0 bridgehead atoms. The van der Waals surface area contributed by atoms with Crippen molar-refractivity contribution in [3.8, 4) is 28.7 Å². The predicted molar refractivity (Wildman–Crippen MR) is 112 cm³/mol. The molecule has 2 aromatic carbocycles. The molecule has 2 aliphatic rings. The maximum atomic E-state index is 10.5. The van der Waals surface area contributed by atoms with Crippen molar-refractivity contribution in [1.29, 1.82) is 0 Å². The van der Waals surface area contributed by atoms with Crippen LogP contribution in [0.3, 0.4) is 0 Å². The average molecular weight is 398 g/mol.